The number of alkyl halides is 1. The van der Waals surface area contributed by atoms with Gasteiger partial charge in [0.25, 0.3) is 5.91 Å². The predicted molar refractivity (Wildman–Crippen MR) is 80.3 cm³/mol. The molecule has 0 unspecified atom stereocenters. The van der Waals surface area contributed by atoms with Crippen LogP contribution in [-0.4, -0.2) is 30.0 Å². The summed E-state index contributed by atoms with van der Waals surface area (Å²) in [6, 6.07) is 7.56. The van der Waals surface area contributed by atoms with Crippen molar-refractivity contribution < 1.29 is 13.9 Å². The van der Waals surface area contributed by atoms with Crippen LogP contribution in [0.5, 0.6) is 0 Å². The molecule has 1 N–H and O–H groups in total. The Morgan fingerprint density at radius 2 is 2.05 bits per heavy atom. The van der Waals surface area contributed by atoms with Crippen molar-refractivity contribution in [1.29, 1.82) is 0 Å². The van der Waals surface area contributed by atoms with Gasteiger partial charge >= 0.3 is 0 Å². The number of furan rings is 1. The Labute approximate surface area is 125 Å². The van der Waals surface area contributed by atoms with E-state index >= 15 is 0 Å². The van der Waals surface area contributed by atoms with Crippen LogP contribution in [0.1, 0.15) is 23.2 Å². The SMILES string of the molecule is O=C(NC1(CBr)CCOCC1)c1coc2ccccc12. The lowest BCUT2D eigenvalue weighted by Gasteiger charge is -2.36. The van der Waals surface area contributed by atoms with Crippen LogP contribution in [0.3, 0.4) is 0 Å². The van der Waals surface area contributed by atoms with Gasteiger partial charge in [0.1, 0.15) is 11.8 Å². The third-order valence-electron chi connectivity index (χ3n) is 3.81. The highest BCUT2D eigenvalue weighted by molar-refractivity contribution is 9.09. The molecule has 3 rings (SSSR count). The summed E-state index contributed by atoms with van der Waals surface area (Å²) in [6.07, 6.45) is 3.17. The zero-order valence-corrected chi connectivity index (χ0v) is 12.6. The Morgan fingerprint density at radius 1 is 1.30 bits per heavy atom. The number of carbonyl (C=O) groups excluding carboxylic acids is 1. The third kappa shape index (κ3) is 2.47. The van der Waals surface area contributed by atoms with Crippen LogP contribution in [0.4, 0.5) is 0 Å². The molecule has 1 aromatic carbocycles. The Morgan fingerprint density at radius 3 is 2.80 bits per heavy atom. The van der Waals surface area contributed by atoms with E-state index in [2.05, 4.69) is 21.2 Å². The number of ether oxygens (including phenoxy) is 1. The average Bonchev–Trinajstić information content (AvgIpc) is 2.92. The number of amides is 1. The number of nitrogens with one attached hydrogen (secondary N) is 1. The summed E-state index contributed by atoms with van der Waals surface area (Å²) < 4.78 is 10.8. The molecule has 1 aromatic heterocycles. The lowest BCUT2D eigenvalue weighted by atomic mass is 9.92. The lowest BCUT2D eigenvalue weighted by Crippen LogP contribution is -2.53. The summed E-state index contributed by atoms with van der Waals surface area (Å²) in [7, 11) is 0. The van der Waals surface area contributed by atoms with Crippen LogP contribution in [-0.2, 0) is 4.74 Å². The molecule has 20 heavy (non-hydrogen) atoms. The molecular formula is C15H16BrNO3. The van der Waals surface area contributed by atoms with Crippen molar-refractivity contribution in [3.8, 4) is 0 Å². The maximum Gasteiger partial charge on any atom is 0.255 e. The fourth-order valence-corrected chi connectivity index (χ4v) is 3.22. The first-order chi connectivity index (χ1) is 9.74. The van der Waals surface area contributed by atoms with E-state index in [1.54, 1.807) is 0 Å². The first-order valence-corrected chi connectivity index (χ1v) is 7.79. The first kappa shape index (κ1) is 13.6. The number of para-hydroxylation sites is 1. The topological polar surface area (TPSA) is 51.5 Å². The zero-order chi connectivity index (χ0) is 14.0. The van der Waals surface area contributed by atoms with Crippen molar-refractivity contribution in [3.05, 3.63) is 36.1 Å². The molecule has 0 aliphatic carbocycles. The van der Waals surface area contributed by atoms with E-state index in [9.17, 15) is 4.79 Å². The number of hydrogen-bond donors (Lipinski definition) is 1. The van der Waals surface area contributed by atoms with E-state index in [0.29, 0.717) is 18.8 Å². The molecule has 0 radical (unpaired) electrons. The van der Waals surface area contributed by atoms with Gasteiger partial charge < -0.3 is 14.5 Å². The van der Waals surface area contributed by atoms with Gasteiger partial charge in [-0.2, -0.15) is 0 Å². The number of fused-ring (bicyclic) bond motifs is 1. The van der Waals surface area contributed by atoms with Crippen molar-refractivity contribution in [3.63, 3.8) is 0 Å². The summed E-state index contributed by atoms with van der Waals surface area (Å²) in [5.41, 5.74) is 1.10. The maximum atomic E-state index is 12.5. The molecule has 0 spiro atoms. The molecule has 1 saturated heterocycles. The minimum absolute atomic E-state index is 0.0868. The quantitative estimate of drug-likeness (QED) is 0.875. The van der Waals surface area contributed by atoms with Gasteiger partial charge in [-0.15, -0.1) is 0 Å². The van der Waals surface area contributed by atoms with Crippen LogP contribution in [0, 0.1) is 0 Å². The van der Waals surface area contributed by atoms with Crippen molar-refractivity contribution in [2.75, 3.05) is 18.5 Å². The summed E-state index contributed by atoms with van der Waals surface area (Å²) in [6.45, 7) is 1.36. The van der Waals surface area contributed by atoms with Gasteiger partial charge in [-0.25, -0.2) is 0 Å². The minimum atomic E-state index is -0.228. The van der Waals surface area contributed by atoms with E-state index in [-0.39, 0.29) is 11.4 Å². The molecule has 0 bridgehead atoms. The smallest absolute Gasteiger partial charge is 0.255 e. The van der Waals surface area contributed by atoms with E-state index in [4.69, 9.17) is 9.15 Å². The van der Waals surface area contributed by atoms with Gasteiger partial charge in [0.05, 0.1) is 11.1 Å². The molecule has 0 saturated carbocycles. The summed E-state index contributed by atoms with van der Waals surface area (Å²) in [4.78, 5) is 12.5. The van der Waals surface area contributed by atoms with Crippen LogP contribution in [0.2, 0.25) is 0 Å². The predicted octanol–water partition coefficient (Wildman–Crippen LogP) is 3.11. The Bertz CT molecular complexity index is 616. The van der Waals surface area contributed by atoms with Gasteiger partial charge in [0, 0.05) is 23.9 Å². The summed E-state index contributed by atoms with van der Waals surface area (Å²) in [5.74, 6) is -0.0868. The molecule has 2 heterocycles. The Kier molecular flexibility index (Phi) is 3.81. The molecule has 0 atom stereocenters. The normalized spacial score (nSPS) is 18.1. The summed E-state index contributed by atoms with van der Waals surface area (Å²) >= 11 is 3.52. The molecule has 106 valence electrons. The van der Waals surface area contributed by atoms with E-state index in [1.165, 1.54) is 6.26 Å². The number of hydrogen-bond acceptors (Lipinski definition) is 3. The van der Waals surface area contributed by atoms with Crippen LogP contribution in [0.15, 0.2) is 34.9 Å². The van der Waals surface area contributed by atoms with Crippen molar-refractivity contribution in [2.24, 2.45) is 0 Å². The molecule has 1 fully saturated rings. The second kappa shape index (κ2) is 5.58. The second-order valence-electron chi connectivity index (χ2n) is 5.13. The Balaban J connectivity index is 1.85. The average molecular weight is 338 g/mol. The Hall–Kier alpha value is -1.33. The first-order valence-electron chi connectivity index (χ1n) is 6.67. The van der Waals surface area contributed by atoms with E-state index < -0.39 is 0 Å². The fraction of sp³-hybridized carbons (Fsp3) is 0.400. The third-order valence-corrected chi connectivity index (χ3v) is 4.88. The van der Waals surface area contributed by atoms with Gasteiger partial charge in [-0.1, -0.05) is 34.1 Å². The molecule has 2 aromatic rings. The molecule has 1 amide bonds. The van der Waals surface area contributed by atoms with Gasteiger partial charge in [0.2, 0.25) is 0 Å². The molecule has 4 nitrogen and oxygen atoms in total. The largest absolute Gasteiger partial charge is 0.463 e. The lowest BCUT2D eigenvalue weighted by molar-refractivity contribution is 0.0442. The number of rotatable bonds is 3. The highest BCUT2D eigenvalue weighted by atomic mass is 79.9. The van der Waals surface area contributed by atoms with Crippen LogP contribution < -0.4 is 5.32 Å². The highest BCUT2D eigenvalue weighted by Crippen LogP contribution is 2.26. The standard InChI is InChI=1S/C15H16BrNO3/c16-10-15(5-7-19-8-6-15)17-14(18)12-9-20-13-4-2-1-3-11(12)13/h1-4,9H,5-8,10H2,(H,17,18). The number of benzene rings is 1. The monoisotopic (exact) mass is 337 g/mol. The molecule has 1 aliphatic heterocycles. The second-order valence-corrected chi connectivity index (χ2v) is 5.69. The highest BCUT2D eigenvalue weighted by Gasteiger charge is 2.33. The van der Waals surface area contributed by atoms with E-state index in [0.717, 1.165) is 29.1 Å². The van der Waals surface area contributed by atoms with Gasteiger partial charge in [-0.05, 0) is 18.9 Å². The molecule has 1 aliphatic rings. The van der Waals surface area contributed by atoms with Gasteiger partial charge in [-0.3, -0.25) is 4.79 Å². The van der Waals surface area contributed by atoms with Crippen LogP contribution >= 0.6 is 15.9 Å². The van der Waals surface area contributed by atoms with Gasteiger partial charge in [0.15, 0.2) is 0 Å². The molecular weight excluding hydrogens is 322 g/mol. The van der Waals surface area contributed by atoms with Crippen LogP contribution in [0.25, 0.3) is 11.0 Å². The minimum Gasteiger partial charge on any atom is -0.463 e. The number of halogens is 1. The zero-order valence-electron chi connectivity index (χ0n) is 11.0. The van der Waals surface area contributed by atoms with E-state index in [1.807, 2.05) is 24.3 Å². The summed E-state index contributed by atoms with van der Waals surface area (Å²) in [5, 5.41) is 4.73. The van der Waals surface area contributed by atoms with Crippen molar-refractivity contribution in [2.45, 2.75) is 18.4 Å². The molecule has 5 heteroatoms. The van der Waals surface area contributed by atoms with Crippen molar-refractivity contribution in [1.82, 2.24) is 5.32 Å². The fourth-order valence-electron chi connectivity index (χ4n) is 2.52. The number of carbonyl (C=O) groups is 1. The van der Waals surface area contributed by atoms with Crippen molar-refractivity contribution >= 4 is 32.8 Å². The maximum absolute atomic E-state index is 12.5.